The Bertz CT molecular complexity index is 812. The number of hydrogen-bond donors (Lipinski definition) is 2. The van der Waals surface area contributed by atoms with Crippen LogP contribution >= 0.6 is 0 Å². The van der Waals surface area contributed by atoms with Crippen molar-refractivity contribution in [2.75, 3.05) is 5.32 Å². The van der Waals surface area contributed by atoms with Crippen LogP contribution in [0, 0.1) is 0 Å². The van der Waals surface area contributed by atoms with Gasteiger partial charge in [-0.15, -0.1) is 0 Å². The van der Waals surface area contributed by atoms with E-state index in [1.54, 1.807) is 0 Å². The predicted molar refractivity (Wildman–Crippen MR) is 66.8 cm³/mol. The molecular weight excluding hydrogens is 286 g/mol. The summed E-state index contributed by atoms with van der Waals surface area (Å²) < 4.78 is 27.5. The molecule has 0 atom stereocenters. The van der Waals surface area contributed by atoms with Crippen LogP contribution in [0.3, 0.4) is 0 Å². The molecule has 0 radical (unpaired) electrons. The predicted octanol–water partition coefficient (Wildman–Crippen LogP) is 1.26. The van der Waals surface area contributed by atoms with Gasteiger partial charge in [0.05, 0.1) is 18.6 Å². The number of nitrogens with zero attached hydrogens (tertiary/aromatic N) is 5. The first kappa shape index (κ1) is 13.0. The van der Waals surface area contributed by atoms with Crippen LogP contribution in [0.1, 0.15) is 6.55 Å². The number of amides is 1. The summed E-state index contributed by atoms with van der Waals surface area (Å²) in [5, 5.41) is 15.4. The van der Waals surface area contributed by atoms with E-state index in [2.05, 4.69) is 20.4 Å². The standard InChI is InChI=1S/C11H8F2N6O2/c12-11(13)19-10(7(21)1-16-19)6-3-18-4-8(15-5-20)17-9(18)2-14-6/h1-5,11,21H,(H,15,20). The minimum absolute atomic E-state index is 0.0906. The lowest BCUT2D eigenvalue weighted by molar-refractivity contribution is -0.105. The number of alkyl halides is 2. The number of carbonyl (C=O) groups excluding carboxylic acids is 1. The minimum atomic E-state index is -2.91. The van der Waals surface area contributed by atoms with Gasteiger partial charge >= 0.3 is 6.55 Å². The van der Waals surface area contributed by atoms with Crippen molar-refractivity contribution in [3.05, 3.63) is 24.8 Å². The van der Waals surface area contributed by atoms with Crippen LogP contribution in [0.2, 0.25) is 0 Å². The summed E-state index contributed by atoms with van der Waals surface area (Å²) in [6, 6.07) is 0. The molecule has 0 aliphatic rings. The van der Waals surface area contributed by atoms with Crippen molar-refractivity contribution in [1.82, 2.24) is 24.1 Å². The molecule has 8 nitrogen and oxygen atoms in total. The molecule has 0 bridgehead atoms. The van der Waals surface area contributed by atoms with Gasteiger partial charge in [-0.3, -0.25) is 4.79 Å². The van der Waals surface area contributed by atoms with Gasteiger partial charge in [0.15, 0.2) is 17.2 Å². The van der Waals surface area contributed by atoms with E-state index in [-0.39, 0.29) is 17.2 Å². The van der Waals surface area contributed by atoms with Gasteiger partial charge in [0.2, 0.25) is 6.41 Å². The zero-order chi connectivity index (χ0) is 15.0. The molecule has 0 aliphatic heterocycles. The highest BCUT2D eigenvalue weighted by Crippen LogP contribution is 2.30. The SMILES string of the molecule is O=CNc1cn2cc(-c3c(O)cnn3C(F)F)ncc2n1. The Kier molecular flexibility index (Phi) is 2.97. The molecule has 21 heavy (non-hydrogen) atoms. The molecule has 0 aliphatic carbocycles. The maximum Gasteiger partial charge on any atom is 0.333 e. The number of rotatable bonds is 4. The first-order valence-corrected chi connectivity index (χ1v) is 5.70. The molecule has 108 valence electrons. The second kappa shape index (κ2) is 4.81. The van der Waals surface area contributed by atoms with Gasteiger partial charge in [-0.2, -0.15) is 18.6 Å². The number of aromatic hydroxyl groups is 1. The molecule has 0 saturated heterocycles. The summed E-state index contributed by atoms with van der Waals surface area (Å²) in [4.78, 5) is 18.4. The van der Waals surface area contributed by atoms with Crippen LogP contribution in [0.4, 0.5) is 14.6 Å². The second-order valence-electron chi connectivity index (χ2n) is 4.03. The maximum atomic E-state index is 12.8. The highest BCUT2D eigenvalue weighted by molar-refractivity contribution is 5.70. The normalized spacial score (nSPS) is 11.2. The van der Waals surface area contributed by atoms with Crippen molar-refractivity contribution < 1.29 is 18.7 Å². The Morgan fingerprint density at radius 1 is 1.33 bits per heavy atom. The van der Waals surface area contributed by atoms with Gasteiger partial charge in [-0.1, -0.05) is 0 Å². The molecule has 0 spiro atoms. The van der Waals surface area contributed by atoms with Crippen molar-refractivity contribution in [2.45, 2.75) is 6.55 Å². The van der Waals surface area contributed by atoms with Gasteiger partial charge in [0.25, 0.3) is 0 Å². The highest BCUT2D eigenvalue weighted by Gasteiger charge is 2.20. The first-order valence-electron chi connectivity index (χ1n) is 5.70. The fraction of sp³-hybridized carbons (Fsp3) is 0.0909. The van der Waals surface area contributed by atoms with Gasteiger partial charge < -0.3 is 14.8 Å². The van der Waals surface area contributed by atoms with E-state index in [0.717, 1.165) is 6.20 Å². The molecule has 3 aromatic rings. The lowest BCUT2D eigenvalue weighted by Crippen LogP contribution is -2.03. The molecule has 3 rings (SSSR count). The van der Waals surface area contributed by atoms with Gasteiger partial charge in [-0.25, -0.2) is 9.97 Å². The number of fused-ring (bicyclic) bond motifs is 1. The molecule has 3 aromatic heterocycles. The van der Waals surface area contributed by atoms with Crippen molar-refractivity contribution in [1.29, 1.82) is 0 Å². The summed E-state index contributed by atoms with van der Waals surface area (Å²) in [5.74, 6) is -0.121. The average Bonchev–Trinajstić information content (AvgIpc) is 3.01. The second-order valence-corrected chi connectivity index (χ2v) is 4.03. The number of aromatic nitrogens is 5. The number of anilines is 1. The molecular formula is C11H8F2N6O2. The molecule has 0 saturated carbocycles. The van der Waals surface area contributed by atoms with Crippen molar-refractivity contribution in [3.63, 3.8) is 0 Å². The van der Waals surface area contributed by atoms with Crippen LogP contribution in [-0.2, 0) is 4.79 Å². The van der Waals surface area contributed by atoms with Crippen molar-refractivity contribution >= 4 is 17.9 Å². The van der Waals surface area contributed by atoms with Crippen molar-refractivity contribution in [2.24, 2.45) is 0 Å². The number of nitrogens with one attached hydrogen (secondary N) is 1. The molecule has 0 fully saturated rings. The third-order valence-corrected chi connectivity index (χ3v) is 2.75. The van der Waals surface area contributed by atoms with Crippen LogP contribution < -0.4 is 5.32 Å². The summed E-state index contributed by atoms with van der Waals surface area (Å²) in [7, 11) is 0. The smallest absolute Gasteiger partial charge is 0.333 e. The molecule has 3 heterocycles. The summed E-state index contributed by atoms with van der Waals surface area (Å²) in [5.41, 5.74) is 0.295. The van der Waals surface area contributed by atoms with Crippen molar-refractivity contribution in [3.8, 4) is 17.1 Å². The molecule has 2 N–H and O–H groups in total. The number of carbonyl (C=O) groups is 1. The zero-order valence-electron chi connectivity index (χ0n) is 10.3. The third kappa shape index (κ3) is 2.16. The summed E-state index contributed by atoms with van der Waals surface area (Å²) in [6.07, 6.45) is 5.59. The Hall–Kier alpha value is -3.04. The largest absolute Gasteiger partial charge is 0.504 e. The minimum Gasteiger partial charge on any atom is -0.504 e. The van der Waals surface area contributed by atoms with Crippen LogP contribution in [0.15, 0.2) is 24.8 Å². The molecule has 10 heteroatoms. The summed E-state index contributed by atoms with van der Waals surface area (Å²) >= 11 is 0. The zero-order valence-corrected chi connectivity index (χ0v) is 10.3. The van der Waals surface area contributed by atoms with Crippen LogP contribution in [0.25, 0.3) is 17.0 Å². The lowest BCUT2D eigenvalue weighted by atomic mass is 10.3. The van der Waals surface area contributed by atoms with Gasteiger partial charge in [0.1, 0.15) is 11.4 Å². The van der Waals surface area contributed by atoms with E-state index < -0.39 is 12.3 Å². The third-order valence-electron chi connectivity index (χ3n) is 2.75. The topological polar surface area (TPSA) is 97.3 Å². The number of hydrogen-bond acceptors (Lipinski definition) is 5. The van der Waals surface area contributed by atoms with E-state index in [4.69, 9.17) is 0 Å². The van der Waals surface area contributed by atoms with E-state index >= 15 is 0 Å². The number of halogens is 2. The van der Waals surface area contributed by atoms with Crippen LogP contribution in [0.5, 0.6) is 5.75 Å². The first-order chi connectivity index (χ1) is 10.1. The quantitative estimate of drug-likeness (QED) is 0.706. The Balaban J connectivity index is 2.12. The molecule has 0 aromatic carbocycles. The lowest BCUT2D eigenvalue weighted by Gasteiger charge is -2.06. The highest BCUT2D eigenvalue weighted by atomic mass is 19.3. The van der Waals surface area contributed by atoms with E-state index in [9.17, 15) is 18.7 Å². The summed E-state index contributed by atoms with van der Waals surface area (Å²) in [6.45, 7) is -2.91. The monoisotopic (exact) mass is 294 g/mol. The van der Waals surface area contributed by atoms with E-state index in [1.165, 1.54) is 23.0 Å². The van der Waals surface area contributed by atoms with Gasteiger partial charge in [0, 0.05) is 6.20 Å². The fourth-order valence-electron chi connectivity index (χ4n) is 1.90. The Morgan fingerprint density at radius 2 is 2.14 bits per heavy atom. The molecule has 0 unspecified atom stereocenters. The average molecular weight is 294 g/mol. The van der Waals surface area contributed by atoms with E-state index in [0.29, 0.717) is 16.7 Å². The Morgan fingerprint density at radius 3 is 2.86 bits per heavy atom. The Labute approximate surface area is 115 Å². The maximum absolute atomic E-state index is 12.8. The van der Waals surface area contributed by atoms with E-state index in [1.807, 2.05) is 0 Å². The van der Waals surface area contributed by atoms with Crippen LogP contribution in [-0.4, -0.2) is 35.7 Å². The number of imidazole rings is 1. The van der Waals surface area contributed by atoms with Gasteiger partial charge in [-0.05, 0) is 0 Å². The fourth-order valence-corrected chi connectivity index (χ4v) is 1.90. The molecule has 1 amide bonds.